The molecule has 0 aromatic heterocycles. The second-order valence-electron chi connectivity index (χ2n) is 5.93. The Labute approximate surface area is 138 Å². The molecule has 0 radical (unpaired) electrons. The zero-order valence-corrected chi connectivity index (χ0v) is 14.7. The summed E-state index contributed by atoms with van der Waals surface area (Å²) in [6.45, 7) is 2.22. The quantitative estimate of drug-likeness (QED) is 0.444. The lowest BCUT2D eigenvalue weighted by Gasteiger charge is -2.13. The fraction of sp³-hybridized carbons (Fsp3) is 0.100. The van der Waals surface area contributed by atoms with Gasteiger partial charge in [0.1, 0.15) is 8.83 Å². The molecule has 0 saturated heterocycles. The lowest BCUT2D eigenvalue weighted by Crippen LogP contribution is -2.01. The molecule has 1 aliphatic rings. The first-order chi connectivity index (χ1) is 10.8. The molecule has 0 N–H and O–H groups in total. The van der Waals surface area contributed by atoms with Crippen molar-refractivity contribution in [3.05, 3.63) is 77.4 Å². The van der Waals surface area contributed by atoms with E-state index in [1.165, 1.54) is 38.6 Å². The van der Waals surface area contributed by atoms with Crippen LogP contribution in [0.2, 0.25) is 0 Å². The maximum absolute atomic E-state index is 6.32. The predicted molar refractivity (Wildman–Crippen MR) is 100 cm³/mol. The summed E-state index contributed by atoms with van der Waals surface area (Å²) in [5.74, 6) is 0. The summed E-state index contributed by atoms with van der Waals surface area (Å²) in [5.41, 5.74) is 7.35. The third kappa shape index (κ3) is 2.04. The number of allylic oxidation sites excluding steroid dienone is 1. The normalized spacial score (nSPS) is 17.2. The first-order valence-electron chi connectivity index (χ1n) is 7.65. The Morgan fingerprint density at radius 1 is 0.864 bits per heavy atom. The van der Waals surface area contributed by atoms with Crippen molar-refractivity contribution in [3.63, 3.8) is 0 Å². The monoisotopic (exact) mass is 320 g/mol. The highest BCUT2D eigenvalue weighted by Gasteiger charge is 2.24. The SMILES string of the molecule is CC1=Cc2c(-c3cccc4ccccc34)cccc2C1[SiH2]Cl. The second-order valence-corrected chi connectivity index (χ2v) is 7.98. The third-order valence-electron chi connectivity index (χ3n) is 4.67. The molecule has 1 aliphatic carbocycles. The zero-order valence-electron chi connectivity index (χ0n) is 12.5. The first kappa shape index (κ1) is 13.8. The first-order valence-corrected chi connectivity index (χ1v) is 10.6. The summed E-state index contributed by atoms with van der Waals surface area (Å²) in [4.78, 5) is 0. The number of halogens is 1. The van der Waals surface area contributed by atoms with Crippen LogP contribution in [0.4, 0.5) is 0 Å². The van der Waals surface area contributed by atoms with Crippen LogP contribution in [-0.2, 0) is 0 Å². The predicted octanol–water partition coefficient (Wildman–Crippen LogP) is 5.29. The molecule has 0 bridgehead atoms. The lowest BCUT2D eigenvalue weighted by atomic mass is 9.93. The van der Waals surface area contributed by atoms with E-state index in [1.54, 1.807) is 0 Å². The molecule has 0 saturated carbocycles. The smallest absolute Gasteiger partial charge is 0.136 e. The van der Waals surface area contributed by atoms with E-state index in [4.69, 9.17) is 11.1 Å². The molecule has 22 heavy (non-hydrogen) atoms. The van der Waals surface area contributed by atoms with Gasteiger partial charge in [-0.05, 0) is 39.9 Å². The molecule has 2 heteroatoms. The Morgan fingerprint density at radius 2 is 1.59 bits per heavy atom. The van der Waals surface area contributed by atoms with Crippen LogP contribution in [0.5, 0.6) is 0 Å². The van der Waals surface area contributed by atoms with Crippen LogP contribution in [0.3, 0.4) is 0 Å². The molecule has 1 atom stereocenters. The molecular formula is C20H17ClSi. The van der Waals surface area contributed by atoms with E-state index in [9.17, 15) is 0 Å². The number of rotatable bonds is 2. The summed E-state index contributed by atoms with van der Waals surface area (Å²) < 4.78 is 0. The van der Waals surface area contributed by atoms with Crippen LogP contribution in [0, 0.1) is 0 Å². The van der Waals surface area contributed by atoms with Gasteiger partial charge in [0.05, 0.1) is 0 Å². The van der Waals surface area contributed by atoms with E-state index in [0.29, 0.717) is 5.54 Å². The molecular weight excluding hydrogens is 304 g/mol. The lowest BCUT2D eigenvalue weighted by molar-refractivity contribution is 1.14. The molecule has 108 valence electrons. The van der Waals surface area contributed by atoms with Crippen molar-refractivity contribution in [3.8, 4) is 11.1 Å². The van der Waals surface area contributed by atoms with Gasteiger partial charge in [0.25, 0.3) is 0 Å². The van der Waals surface area contributed by atoms with E-state index in [1.807, 2.05) is 0 Å². The van der Waals surface area contributed by atoms with E-state index in [2.05, 4.69) is 73.7 Å². The van der Waals surface area contributed by atoms with Gasteiger partial charge in [-0.25, -0.2) is 0 Å². The Kier molecular flexibility index (Phi) is 3.40. The van der Waals surface area contributed by atoms with Crippen LogP contribution in [-0.4, -0.2) is 8.83 Å². The van der Waals surface area contributed by atoms with Crippen molar-refractivity contribution >= 4 is 36.8 Å². The van der Waals surface area contributed by atoms with Crippen LogP contribution in [0.25, 0.3) is 28.0 Å². The Bertz CT molecular complexity index is 890. The zero-order chi connectivity index (χ0) is 15.1. The van der Waals surface area contributed by atoms with Crippen molar-refractivity contribution in [1.82, 2.24) is 0 Å². The van der Waals surface area contributed by atoms with E-state index in [0.717, 1.165) is 0 Å². The average Bonchev–Trinajstić information content (AvgIpc) is 2.89. The van der Waals surface area contributed by atoms with Gasteiger partial charge in [0.2, 0.25) is 0 Å². The number of hydrogen-bond acceptors (Lipinski definition) is 0. The topological polar surface area (TPSA) is 0 Å². The van der Waals surface area contributed by atoms with Crippen molar-refractivity contribution in [2.24, 2.45) is 0 Å². The molecule has 0 amide bonds. The van der Waals surface area contributed by atoms with Crippen molar-refractivity contribution in [1.29, 1.82) is 0 Å². The maximum Gasteiger partial charge on any atom is 0.136 e. The standard InChI is InChI=1S/C20H17ClSi/c1-13-12-19-17(10-5-11-18(19)20(13)22-21)16-9-4-7-14-6-2-3-8-15(14)16/h2-12,20H,22H2,1H3. The molecule has 0 aliphatic heterocycles. The summed E-state index contributed by atoms with van der Waals surface area (Å²) in [7, 11) is -0.599. The average molecular weight is 321 g/mol. The summed E-state index contributed by atoms with van der Waals surface area (Å²) >= 11 is 6.32. The molecule has 4 rings (SSSR count). The minimum atomic E-state index is -0.599. The molecule has 3 aromatic rings. The van der Waals surface area contributed by atoms with Crippen molar-refractivity contribution in [2.75, 3.05) is 0 Å². The van der Waals surface area contributed by atoms with Gasteiger partial charge in [-0.1, -0.05) is 72.3 Å². The van der Waals surface area contributed by atoms with E-state index >= 15 is 0 Å². The summed E-state index contributed by atoms with van der Waals surface area (Å²) in [6, 6.07) is 21.8. The highest BCUT2D eigenvalue weighted by molar-refractivity contribution is 6.94. The Balaban J connectivity index is 2.00. The van der Waals surface area contributed by atoms with Gasteiger partial charge in [-0.15, -0.1) is 0 Å². The summed E-state index contributed by atoms with van der Waals surface area (Å²) in [5, 5.41) is 2.61. The largest absolute Gasteiger partial charge is 0.175 e. The highest BCUT2D eigenvalue weighted by Crippen LogP contribution is 2.42. The molecule has 0 heterocycles. The molecule has 1 unspecified atom stereocenters. The van der Waals surface area contributed by atoms with Crippen molar-refractivity contribution in [2.45, 2.75) is 12.5 Å². The maximum atomic E-state index is 6.32. The second kappa shape index (κ2) is 5.42. The van der Waals surface area contributed by atoms with Crippen LogP contribution in [0.15, 0.2) is 66.2 Å². The van der Waals surface area contributed by atoms with Crippen molar-refractivity contribution < 1.29 is 0 Å². The minimum Gasteiger partial charge on any atom is -0.175 e. The highest BCUT2D eigenvalue weighted by atomic mass is 35.6. The number of benzene rings is 3. The Hall–Kier alpha value is -1.83. The van der Waals surface area contributed by atoms with Gasteiger partial charge in [-0.2, -0.15) is 11.1 Å². The van der Waals surface area contributed by atoms with Crippen LogP contribution >= 0.6 is 11.1 Å². The fourth-order valence-corrected chi connectivity index (χ4v) is 5.63. The van der Waals surface area contributed by atoms with Gasteiger partial charge in [-0.3, -0.25) is 0 Å². The third-order valence-corrected chi connectivity index (χ3v) is 6.99. The molecule has 0 spiro atoms. The number of hydrogen-bond donors (Lipinski definition) is 0. The van der Waals surface area contributed by atoms with E-state index in [-0.39, 0.29) is 0 Å². The minimum absolute atomic E-state index is 0.492. The van der Waals surface area contributed by atoms with Crippen LogP contribution < -0.4 is 0 Å². The fourth-order valence-electron chi connectivity index (χ4n) is 3.52. The van der Waals surface area contributed by atoms with Gasteiger partial charge < -0.3 is 0 Å². The molecule has 0 fully saturated rings. The Morgan fingerprint density at radius 3 is 2.45 bits per heavy atom. The number of fused-ring (bicyclic) bond motifs is 2. The van der Waals surface area contributed by atoms with E-state index < -0.39 is 8.83 Å². The van der Waals surface area contributed by atoms with Crippen LogP contribution in [0.1, 0.15) is 23.6 Å². The molecule has 0 nitrogen and oxygen atoms in total. The van der Waals surface area contributed by atoms with Gasteiger partial charge in [0.15, 0.2) is 0 Å². The van der Waals surface area contributed by atoms with Gasteiger partial charge >= 0.3 is 0 Å². The summed E-state index contributed by atoms with van der Waals surface area (Å²) in [6.07, 6.45) is 2.34. The molecule has 3 aromatic carbocycles. The van der Waals surface area contributed by atoms with Gasteiger partial charge in [0, 0.05) is 5.54 Å².